The Bertz CT molecular complexity index is 2420. The molecule has 9 rings (SSSR count). The highest BCUT2D eigenvalue weighted by molar-refractivity contribution is 7.19. The van der Waals surface area contributed by atoms with Crippen molar-refractivity contribution in [2.24, 2.45) is 0 Å². The van der Waals surface area contributed by atoms with E-state index in [0.717, 1.165) is 33.1 Å². The normalized spacial score (nSPS) is 11.6. The van der Waals surface area contributed by atoms with Gasteiger partial charge in [-0.05, 0) is 38.9 Å². The third kappa shape index (κ3) is 4.95. The number of hydrogen-bond acceptors (Lipinski definition) is 3. The van der Waals surface area contributed by atoms with Gasteiger partial charge in [-0.15, -0.1) is 0 Å². The topological polar surface area (TPSA) is 43.1 Å². The summed E-state index contributed by atoms with van der Waals surface area (Å²) in [6.07, 6.45) is 2.10. The third-order valence-corrected chi connectivity index (χ3v) is 14.4. The maximum Gasteiger partial charge on any atom is 0.179 e. The summed E-state index contributed by atoms with van der Waals surface area (Å²) in [6.45, 7) is 0. The Morgan fingerprint density at radius 1 is 0.340 bits per heavy atom. The Balaban J connectivity index is 1.26. The number of benzene rings is 6. The van der Waals surface area contributed by atoms with E-state index in [-0.39, 0.29) is 0 Å². The summed E-state index contributed by atoms with van der Waals surface area (Å²) in [5.74, 6) is 1.95. The first-order valence-electron chi connectivity index (χ1n) is 16.9. The van der Waals surface area contributed by atoms with E-state index >= 15 is 0 Å². The molecular weight excluding hydrogens is 625 g/mol. The maximum atomic E-state index is 5.21. The zero-order chi connectivity index (χ0) is 33.3. The van der Waals surface area contributed by atoms with Crippen LogP contribution in [0.5, 0.6) is 0 Å². The van der Waals surface area contributed by atoms with Crippen LogP contribution < -0.4 is 20.7 Å². The standard InChI is InChI=1S/C45H32N4Si/c1-5-17-33(18-6-1)43-46-44(48-45(47-43)42-39-25-13-14-26-40(39)49-32-16-15-27-41(42)49)34-28-30-38(31-29-34)50(35-19-7-2-8-20-35,36-21-9-3-10-22-36)37-23-11-4-12-24-37/h1-32H. The van der Waals surface area contributed by atoms with E-state index < -0.39 is 8.07 Å². The Morgan fingerprint density at radius 3 is 1.34 bits per heavy atom. The second kappa shape index (κ2) is 12.5. The molecule has 4 nitrogen and oxygen atoms in total. The van der Waals surface area contributed by atoms with Crippen molar-refractivity contribution in [2.45, 2.75) is 0 Å². The third-order valence-electron chi connectivity index (χ3n) is 9.64. The Morgan fingerprint density at radius 2 is 0.760 bits per heavy atom. The number of rotatable bonds is 7. The summed E-state index contributed by atoms with van der Waals surface area (Å²) in [5, 5.41) is 6.42. The summed E-state index contributed by atoms with van der Waals surface area (Å²) < 4.78 is 2.21. The van der Waals surface area contributed by atoms with Crippen LogP contribution in [0.25, 0.3) is 50.6 Å². The highest BCUT2D eigenvalue weighted by atomic mass is 28.3. The van der Waals surface area contributed by atoms with Gasteiger partial charge in [0.2, 0.25) is 0 Å². The number of nitrogens with zero attached hydrogens (tertiary/aromatic N) is 4. The van der Waals surface area contributed by atoms with Crippen molar-refractivity contribution < 1.29 is 0 Å². The molecule has 9 aromatic rings. The van der Waals surface area contributed by atoms with Crippen molar-refractivity contribution in [1.82, 2.24) is 19.4 Å². The average Bonchev–Trinajstić information content (AvgIpc) is 3.54. The summed E-state index contributed by atoms with van der Waals surface area (Å²) in [7, 11) is -2.66. The van der Waals surface area contributed by atoms with Crippen molar-refractivity contribution >= 4 is 45.2 Å². The fourth-order valence-corrected chi connectivity index (χ4v) is 12.1. The van der Waals surface area contributed by atoms with Crippen LogP contribution in [0.2, 0.25) is 0 Å². The van der Waals surface area contributed by atoms with Gasteiger partial charge >= 0.3 is 0 Å². The SMILES string of the molecule is c1ccc(-c2nc(-c3ccc([Si](c4ccccc4)(c4ccccc4)c4ccccc4)cc3)nc(-c3c4ccccc4n4ccccc34)n2)cc1. The fraction of sp³-hybridized carbons (Fsp3) is 0. The van der Waals surface area contributed by atoms with Gasteiger partial charge in [0, 0.05) is 22.7 Å². The fourth-order valence-electron chi connectivity index (χ4n) is 7.39. The molecule has 0 unspecified atom stereocenters. The molecule has 0 fully saturated rings. The smallest absolute Gasteiger partial charge is 0.179 e. The lowest BCUT2D eigenvalue weighted by Gasteiger charge is -2.34. The van der Waals surface area contributed by atoms with Gasteiger partial charge in [-0.25, -0.2) is 15.0 Å². The Labute approximate surface area is 292 Å². The molecule has 0 atom stereocenters. The van der Waals surface area contributed by atoms with E-state index in [9.17, 15) is 0 Å². The second-order valence-electron chi connectivity index (χ2n) is 12.4. The molecule has 0 amide bonds. The van der Waals surface area contributed by atoms with Crippen LogP contribution in [0.4, 0.5) is 0 Å². The van der Waals surface area contributed by atoms with Crippen molar-refractivity contribution in [3.8, 4) is 34.2 Å². The first kappa shape index (κ1) is 29.7. The first-order valence-corrected chi connectivity index (χ1v) is 18.9. The zero-order valence-corrected chi connectivity index (χ0v) is 28.3. The Kier molecular flexibility index (Phi) is 7.45. The quantitative estimate of drug-likeness (QED) is 0.131. The van der Waals surface area contributed by atoms with Gasteiger partial charge in [0.15, 0.2) is 25.5 Å². The maximum absolute atomic E-state index is 5.21. The van der Waals surface area contributed by atoms with E-state index in [4.69, 9.17) is 15.0 Å². The van der Waals surface area contributed by atoms with Crippen molar-refractivity contribution in [2.75, 3.05) is 0 Å². The molecule has 0 N–H and O–H groups in total. The molecule has 0 radical (unpaired) electrons. The monoisotopic (exact) mass is 656 g/mol. The van der Waals surface area contributed by atoms with Crippen molar-refractivity contribution in [3.05, 3.63) is 194 Å². The minimum absolute atomic E-state index is 0.645. The molecule has 5 heteroatoms. The summed E-state index contributed by atoms with van der Waals surface area (Å²) in [4.78, 5) is 15.4. The number of para-hydroxylation sites is 1. The number of fused-ring (bicyclic) bond motifs is 3. The molecule has 6 aromatic carbocycles. The first-order chi connectivity index (χ1) is 24.8. The molecular formula is C45H32N4Si. The van der Waals surface area contributed by atoms with Crippen LogP contribution in [-0.4, -0.2) is 27.4 Å². The van der Waals surface area contributed by atoms with E-state index in [1.807, 2.05) is 18.2 Å². The van der Waals surface area contributed by atoms with Crippen LogP contribution in [0, 0.1) is 0 Å². The minimum Gasteiger partial charge on any atom is -0.316 e. The molecule has 0 spiro atoms. The van der Waals surface area contributed by atoms with Gasteiger partial charge in [0.25, 0.3) is 0 Å². The average molecular weight is 657 g/mol. The van der Waals surface area contributed by atoms with Gasteiger partial charge in [-0.3, -0.25) is 0 Å². The lowest BCUT2D eigenvalue weighted by molar-refractivity contribution is 1.08. The lowest BCUT2D eigenvalue weighted by Crippen LogP contribution is -2.74. The molecule has 50 heavy (non-hydrogen) atoms. The minimum atomic E-state index is -2.66. The van der Waals surface area contributed by atoms with Crippen molar-refractivity contribution in [1.29, 1.82) is 0 Å². The van der Waals surface area contributed by atoms with Gasteiger partial charge in [0.1, 0.15) is 0 Å². The van der Waals surface area contributed by atoms with Gasteiger partial charge < -0.3 is 4.40 Å². The van der Waals surface area contributed by atoms with Gasteiger partial charge in [0.05, 0.1) is 16.6 Å². The molecule has 3 heterocycles. The van der Waals surface area contributed by atoms with E-state index in [1.165, 1.54) is 20.7 Å². The van der Waals surface area contributed by atoms with E-state index in [0.29, 0.717) is 17.5 Å². The van der Waals surface area contributed by atoms with Gasteiger partial charge in [-0.2, -0.15) is 0 Å². The molecule has 0 bridgehead atoms. The number of hydrogen-bond donors (Lipinski definition) is 0. The zero-order valence-electron chi connectivity index (χ0n) is 27.3. The Hall–Kier alpha value is -6.43. The van der Waals surface area contributed by atoms with Crippen LogP contribution in [0.1, 0.15) is 0 Å². The van der Waals surface area contributed by atoms with E-state index in [2.05, 4.69) is 180 Å². The molecule has 0 saturated carbocycles. The summed E-state index contributed by atoms with van der Waals surface area (Å²) in [6, 6.07) is 66.8. The molecule has 236 valence electrons. The predicted octanol–water partition coefficient (Wildman–Crippen LogP) is 7.66. The predicted molar refractivity (Wildman–Crippen MR) is 208 cm³/mol. The molecule has 0 aliphatic heterocycles. The molecule has 0 aliphatic rings. The van der Waals surface area contributed by atoms with E-state index in [1.54, 1.807) is 0 Å². The van der Waals surface area contributed by atoms with Crippen LogP contribution in [0.15, 0.2) is 194 Å². The molecule has 3 aromatic heterocycles. The molecule has 0 aliphatic carbocycles. The highest BCUT2D eigenvalue weighted by Gasteiger charge is 2.41. The summed E-state index contributed by atoms with van der Waals surface area (Å²) >= 11 is 0. The largest absolute Gasteiger partial charge is 0.316 e. The van der Waals surface area contributed by atoms with Crippen LogP contribution >= 0.6 is 0 Å². The highest BCUT2D eigenvalue weighted by Crippen LogP contribution is 2.35. The second-order valence-corrected chi connectivity index (χ2v) is 16.3. The van der Waals surface area contributed by atoms with Crippen LogP contribution in [0.3, 0.4) is 0 Å². The van der Waals surface area contributed by atoms with Crippen molar-refractivity contribution in [3.63, 3.8) is 0 Å². The number of aromatic nitrogens is 4. The number of pyridine rings is 1. The summed E-state index contributed by atoms with van der Waals surface area (Å²) in [5.41, 5.74) is 5.08. The lowest BCUT2D eigenvalue weighted by atomic mass is 10.1. The van der Waals surface area contributed by atoms with Gasteiger partial charge in [-0.1, -0.05) is 170 Å². The van der Waals surface area contributed by atoms with Crippen LogP contribution in [-0.2, 0) is 0 Å². The molecule has 0 saturated heterocycles.